The van der Waals surface area contributed by atoms with Crippen LogP contribution in [0.25, 0.3) is 0 Å². The highest BCUT2D eigenvalue weighted by molar-refractivity contribution is 6.17. The predicted molar refractivity (Wildman–Crippen MR) is 65.7 cm³/mol. The molecule has 0 N–H and O–H groups in total. The van der Waals surface area contributed by atoms with Crippen LogP contribution in [0.4, 0.5) is 0 Å². The largest absolute Gasteiger partial charge is 0.493 e. The number of aryl methyl sites for hydroxylation is 1. The zero-order chi connectivity index (χ0) is 11.8. The highest BCUT2D eigenvalue weighted by atomic mass is 35.5. The number of alkyl halides is 1. The number of rotatable bonds is 6. The molecule has 0 atom stereocenters. The third-order valence-corrected chi connectivity index (χ3v) is 2.65. The molecule has 0 radical (unpaired) electrons. The molecule has 3 heteroatoms. The molecule has 16 heavy (non-hydrogen) atoms. The van der Waals surface area contributed by atoms with Gasteiger partial charge in [0.05, 0.1) is 18.6 Å². The second-order valence-electron chi connectivity index (χ2n) is 3.66. The van der Waals surface area contributed by atoms with Gasteiger partial charge in [0, 0.05) is 12.0 Å². The molecule has 0 amide bonds. The van der Waals surface area contributed by atoms with Gasteiger partial charge in [0.2, 0.25) is 0 Å². The van der Waals surface area contributed by atoms with Gasteiger partial charge in [-0.2, -0.15) is 5.26 Å². The van der Waals surface area contributed by atoms with Crippen molar-refractivity contribution in [3.8, 4) is 11.8 Å². The first-order valence-corrected chi connectivity index (χ1v) is 5.97. The number of ether oxygens (including phenoxy) is 1. The minimum atomic E-state index is 0.467. The van der Waals surface area contributed by atoms with E-state index in [1.54, 1.807) is 0 Å². The van der Waals surface area contributed by atoms with Crippen molar-refractivity contribution in [2.45, 2.75) is 32.1 Å². The van der Waals surface area contributed by atoms with Gasteiger partial charge in [-0.25, -0.2) is 0 Å². The molecule has 0 saturated carbocycles. The van der Waals surface area contributed by atoms with Gasteiger partial charge in [-0.3, -0.25) is 0 Å². The van der Waals surface area contributed by atoms with Crippen molar-refractivity contribution >= 4 is 11.6 Å². The first-order valence-electron chi connectivity index (χ1n) is 5.43. The van der Waals surface area contributed by atoms with Gasteiger partial charge in [-0.15, -0.1) is 11.6 Å². The molecule has 0 aliphatic rings. The van der Waals surface area contributed by atoms with Crippen molar-refractivity contribution < 1.29 is 4.74 Å². The van der Waals surface area contributed by atoms with Crippen LogP contribution >= 0.6 is 11.6 Å². The van der Waals surface area contributed by atoms with Crippen LogP contribution in [0.3, 0.4) is 0 Å². The van der Waals surface area contributed by atoms with Crippen LogP contribution in [0.5, 0.6) is 5.75 Å². The number of unbranched alkanes of at least 4 members (excludes halogenated alkanes) is 2. The molecule has 1 aromatic carbocycles. The highest BCUT2D eigenvalue weighted by Crippen LogP contribution is 2.25. The van der Waals surface area contributed by atoms with Gasteiger partial charge in [-0.05, 0) is 25.3 Å². The molecule has 86 valence electrons. The molecular formula is C13H16ClNO. The van der Waals surface area contributed by atoms with Crippen LogP contribution in [-0.2, 0) is 5.88 Å². The molecule has 0 fully saturated rings. The first-order chi connectivity index (χ1) is 7.79. The third-order valence-electron chi connectivity index (χ3n) is 2.37. The Bertz CT molecular complexity index is 371. The van der Waals surface area contributed by atoms with Gasteiger partial charge in [-0.1, -0.05) is 18.2 Å². The van der Waals surface area contributed by atoms with Crippen molar-refractivity contribution in [2.75, 3.05) is 6.61 Å². The minimum Gasteiger partial charge on any atom is -0.493 e. The molecule has 1 rings (SSSR count). The van der Waals surface area contributed by atoms with Crippen molar-refractivity contribution in [1.82, 2.24) is 0 Å². The monoisotopic (exact) mass is 237 g/mol. The van der Waals surface area contributed by atoms with Crippen LogP contribution in [0.2, 0.25) is 0 Å². The second-order valence-corrected chi connectivity index (χ2v) is 3.93. The fraction of sp³-hybridized carbons (Fsp3) is 0.462. The molecule has 1 aromatic rings. The molecule has 0 heterocycles. The second kappa shape index (κ2) is 7.14. The maximum Gasteiger partial charge on any atom is 0.126 e. The Labute approximate surface area is 102 Å². The van der Waals surface area contributed by atoms with Gasteiger partial charge in [0.1, 0.15) is 5.75 Å². The fourth-order valence-corrected chi connectivity index (χ4v) is 1.72. The lowest BCUT2D eigenvalue weighted by atomic mass is 10.1. The van der Waals surface area contributed by atoms with E-state index < -0.39 is 0 Å². The van der Waals surface area contributed by atoms with Crippen molar-refractivity contribution in [2.24, 2.45) is 0 Å². The van der Waals surface area contributed by atoms with Crippen molar-refractivity contribution in [3.05, 3.63) is 29.3 Å². The Morgan fingerprint density at radius 3 is 2.88 bits per heavy atom. The van der Waals surface area contributed by atoms with E-state index in [1.807, 2.05) is 25.1 Å². The number of para-hydroxylation sites is 1. The average molecular weight is 238 g/mol. The number of halogens is 1. The molecule has 0 aliphatic carbocycles. The third kappa shape index (κ3) is 3.75. The summed E-state index contributed by atoms with van der Waals surface area (Å²) in [5, 5.41) is 8.40. The summed E-state index contributed by atoms with van der Waals surface area (Å²) in [5.41, 5.74) is 2.14. The van der Waals surface area contributed by atoms with E-state index in [1.165, 1.54) is 0 Å². The van der Waals surface area contributed by atoms with Gasteiger partial charge < -0.3 is 4.74 Å². The van der Waals surface area contributed by atoms with E-state index in [0.717, 1.165) is 29.7 Å². The normalized spacial score (nSPS) is 9.81. The van der Waals surface area contributed by atoms with E-state index in [-0.39, 0.29) is 0 Å². The Morgan fingerprint density at radius 1 is 1.38 bits per heavy atom. The lowest BCUT2D eigenvalue weighted by Crippen LogP contribution is -2.01. The van der Waals surface area contributed by atoms with Crippen LogP contribution < -0.4 is 4.74 Å². The van der Waals surface area contributed by atoms with Crippen LogP contribution in [0, 0.1) is 18.3 Å². The number of hydrogen-bond donors (Lipinski definition) is 0. The number of hydrogen-bond acceptors (Lipinski definition) is 2. The number of benzene rings is 1. The zero-order valence-corrected chi connectivity index (χ0v) is 10.3. The summed E-state index contributed by atoms with van der Waals surface area (Å²) in [6, 6.07) is 8.10. The number of nitrogens with zero attached hydrogens (tertiary/aromatic N) is 1. The summed E-state index contributed by atoms with van der Waals surface area (Å²) < 4.78 is 5.71. The summed E-state index contributed by atoms with van der Waals surface area (Å²) in [7, 11) is 0. The average Bonchev–Trinajstić information content (AvgIpc) is 2.30. The maximum atomic E-state index is 8.40. The van der Waals surface area contributed by atoms with E-state index in [4.69, 9.17) is 21.6 Å². The Morgan fingerprint density at radius 2 is 2.19 bits per heavy atom. The fourth-order valence-electron chi connectivity index (χ4n) is 1.51. The number of nitriles is 1. The quantitative estimate of drug-likeness (QED) is 0.557. The maximum absolute atomic E-state index is 8.40. The Balaban J connectivity index is 2.50. The Hall–Kier alpha value is -1.20. The Kier molecular flexibility index (Phi) is 5.74. The van der Waals surface area contributed by atoms with E-state index in [0.29, 0.717) is 18.9 Å². The summed E-state index contributed by atoms with van der Waals surface area (Å²) in [5.74, 6) is 1.37. The molecular weight excluding hydrogens is 222 g/mol. The molecule has 0 aromatic heterocycles. The predicted octanol–water partition coefficient (Wildman–Crippen LogP) is 3.81. The molecule has 0 unspecified atom stereocenters. The van der Waals surface area contributed by atoms with Gasteiger partial charge in [0.25, 0.3) is 0 Å². The highest BCUT2D eigenvalue weighted by Gasteiger charge is 2.05. The molecule has 0 aliphatic heterocycles. The first kappa shape index (κ1) is 12.9. The van der Waals surface area contributed by atoms with Crippen LogP contribution in [-0.4, -0.2) is 6.61 Å². The van der Waals surface area contributed by atoms with Crippen LogP contribution in [0.1, 0.15) is 30.4 Å². The topological polar surface area (TPSA) is 33.0 Å². The summed E-state index contributed by atoms with van der Waals surface area (Å²) >= 11 is 5.84. The summed E-state index contributed by atoms with van der Waals surface area (Å²) in [6.07, 6.45) is 2.39. The molecule has 0 saturated heterocycles. The van der Waals surface area contributed by atoms with Gasteiger partial charge >= 0.3 is 0 Å². The van der Waals surface area contributed by atoms with Crippen molar-refractivity contribution in [1.29, 1.82) is 5.26 Å². The van der Waals surface area contributed by atoms with E-state index >= 15 is 0 Å². The van der Waals surface area contributed by atoms with E-state index in [9.17, 15) is 0 Å². The van der Waals surface area contributed by atoms with E-state index in [2.05, 4.69) is 6.07 Å². The zero-order valence-electron chi connectivity index (χ0n) is 9.50. The smallest absolute Gasteiger partial charge is 0.126 e. The van der Waals surface area contributed by atoms with Gasteiger partial charge in [0.15, 0.2) is 0 Å². The SMILES string of the molecule is Cc1cccc(CCl)c1OCCCCC#N. The van der Waals surface area contributed by atoms with Crippen molar-refractivity contribution in [3.63, 3.8) is 0 Å². The lowest BCUT2D eigenvalue weighted by molar-refractivity contribution is 0.303. The lowest BCUT2D eigenvalue weighted by Gasteiger charge is -2.12. The standard InChI is InChI=1S/C13H16ClNO/c1-11-6-5-7-12(10-14)13(11)16-9-4-2-3-8-15/h5-7H,2-4,9-10H2,1H3. The molecule has 0 bridgehead atoms. The van der Waals surface area contributed by atoms with Crippen LogP contribution in [0.15, 0.2) is 18.2 Å². The minimum absolute atomic E-state index is 0.467. The molecule has 2 nitrogen and oxygen atoms in total. The summed E-state index contributed by atoms with van der Waals surface area (Å²) in [6.45, 7) is 2.66. The molecule has 0 spiro atoms. The summed E-state index contributed by atoms with van der Waals surface area (Å²) in [4.78, 5) is 0.